The van der Waals surface area contributed by atoms with Crippen LogP contribution in [0.15, 0.2) is 0 Å². The third kappa shape index (κ3) is 7.95. The lowest BCUT2D eigenvalue weighted by Crippen LogP contribution is -2.40. The SMILES string of the molecule is CC(C)NCC(C)(S)OCCC(C)(C)C(=O)C(C)C. The quantitative estimate of drug-likeness (QED) is 0.505. The van der Waals surface area contributed by atoms with Gasteiger partial charge in [-0.1, -0.05) is 41.5 Å². The number of carbonyl (C=O) groups excluding carboxylic acids is 1. The van der Waals surface area contributed by atoms with Gasteiger partial charge in [0.05, 0.1) is 0 Å². The molecule has 0 aromatic heterocycles. The average molecular weight is 289 g/mol. The van der Waals surface area contributed by atoms with Crippen molar-refractivity contribution in [1.29, 1.82) is 0 Å². The number of Topliss-reactive ketones (excluding diaryl/α,β-unsaturated/α-hetero) is 1. The fraction of sp³-hybridized carbons (Fsp3) is 0.933. The summed E-state index contributed by atoms with van der Waals surface area (Å²) in [5.41, 5.74) is -0.330. The van der Waals surface area contributed by atoms with Crippen molar-refractivity contribution in [3.63, 3.8) is 0 Å². The van der Waals surface area contributed by atoms with Crippen LogP contribution in [0.1, 0.15) is 54.9 Å². The second-order valence-electron chi connectivity index (χ2n) is 6.71. The lowest BCUT2D eigenvalue weighted by molar-refractivity contribution is -0.131. The fourth-order valence-electron chi connectivity index (χ4n) is 1.88. The van der Waals surface area contributed by atoms with Crippen LogP contribution in [0.2, 0.25) is 0 Å². The van der Waals surface area contributed by atoms with E-state index in [0.29, 0.717) is 19.2 Å². The van der Waals surface area contributed by atoms with Crippen LogP contribution in [0, 0.1) is 11.3 Å². The van der Waals surface area contributed by atoms with Crippen molar-refractivity contribution < 1.29 is 9.53 Å². The van der Waals surface area contributed by atoms with Gasteiger partial charge in [-0.05, 0) is 13.3 Å². The molecule has 1 unspecified atom stereocenters. The molecule has 0 saturated carbocycles. The summed E-state index contributed by atoms with van der Waals surface area (Å²) in [6.07, 6.45) is 0.724. The molecule has 0 bridgehead atoms. The molecule has 0 aromatic rings. The zero-order valence-corrected chi connectivity index (χ0v) is 14.4. The Bertz CT molecular complexity index is 286. The Kier molecular flexibility index (Phi) is 7.63. The largest absolute Gasteiger partial charge is 0.364 e. The molecule has 0 amide bonds. The first-order chi connectivity index (χ1) is 8.48. The molecule has 0 radical (unpaired) electrons. The second kappa shape index (κ2) is 7.65. The molecule has 3 nitrogen and oxygen atoms in total. The van der Waals surface area contributed by atoms with Gasteiger partial charge in [-0.25, -0.2) is 0 Å². The third-order valence-electron chi connectivity index (χ3n) is 3.17. The third-order valence-corrected chi connectivity index (χ3v) is 3.46. The molecule has 0 rings (SSSR count). The number of thiol groups is 1. The molecule has 114 valence electrons. The predicted molar refractivity (Wildman–Crippen MR) is 84.7 cm³/mol. The van der Waals surface area contributed by atoms with E-state index in [-0.39, 0.29) is 17.1 Å². The van der Waals surface area contributed by atoms with Gasteiger partial charge in [-0.2, -0.15) is 0 Å². The van der Waals surface area contributed by atoms with Crippen molar-refractivity contribution in [3.05, 3.63) is 0 Å². The fourth-order valence-corrected chi connectivity index (χ4v) is 2.06. The first-order valence-corrected chi connectivity index (χ1v) is 7.57. The maximum atomic E-state index is 12.0. The smallest absolute Gasteiger partial charge is 0.141 e. The summed E-state index contributed by atoms with van der Waals surface area (Å²) in [6.45, 7) is 15.2. The summed E-state index contributed by atoms with van der Waals surface area (Å²) in [4.78, 5) is 11.5. The Hall–Kier alpha value is -0.0600. The van der Waals surface area contributed by atoms with E-state index in [1.807, 2.05) is 34.6 Å². The highest BCUT2D eigenvalue weighted by Crippen LogP contribution is 2.27. The molecule has 19 heavy (non-hydrogen) atoms. The van der Waals surface area contributed by atoms with Gasteiger partial charge in [0, 0.05) is 30.5 Å². The monoisotopic (exact) mass is 289 g/mol. The van der Waals surface area contributed by atoms with Crippen molar-refractivity contribution in [2.75, 3.05) is 13.2 Å². The van der Waals surface area contributed by atoms with E-state index in [1.54, 1.807) is 0 Å². The van der Waals surface area contributed by atoms with Crippen LogP contribution < -0.4 is 5.32 Å². The minimum atomic E-state index is -0.499. The Morgan fingerprint density at radius 3 is 2.16 bits per heavy atom. The van der Waals surface area contributed by atoms with Crippen LogP contribution >= 0.6 is 12.6 Å². The van der Waals surface area contributed by atoms with Gasteiger partial charge < -0.3 is 10.1 Å². The van der Waals surface area contributed by atoms with Gasteiger partial charge in [0.1, 0.15) is 10.7 Å². The first kappa shape index (κ1) is 18.9. The number of carbonyl (C=O) groups is 1. The number of hydrogen-bond donors (Lipinski definition) is 2. The maximum Gasteiger partial charge on any atom is 0.141 e. The predicted octanol–water partition coefficient (Wildman–Crippen LogP) is 3.29. The molecule has 0 aliphatic rings. The molecular formula is C15H31NO2S. The highest BCUT2D eigenvalue weighted by atomic mass is 32.1. The zero-order chi connectivity index (χ0) is 15.3. The van der Waals surface area contributed by atoms with Crippen molar-refractivity contribution >= 4 is 18.4 Å². The molecule has 0 saturated heterocycles. The Labute approximate surface area is 124 Å². The molecule has 1 N–H and O–H groups in total. The van der Waals surface area contributed by atoms with E-state index in [9.17, 15) is 4.79 Å². The standard InChI is InChI=1S/C15H31NO2S/c1-11(2)13(17)14(5,6)8-9-18-15(7,19)10-16-12(3)4/h11-12,16,19H,8-10H2,1-7H3. The van der Waals surface area contributed by atoms with E-state index in [1.165, 1.54) is 0 Å². The number of rotatable bonds is 9. The lowest BCUT2D eigenvalue weighted by Gasteiger charge is -2.29. The van der Waals surface area contributed by atoms with E-state index in [4.69, 9.17) is 4.74 Å². The highest BCUT2D eigenvalue weighted by molar-refractivity contribution is 7.81. The van der Waals surface area contributed by atoms with Crippen LogP contribution in [0.4, 0.5) is 0 Å². The number of ether oxygens (including phenoxy) is 1. The van der Waals surface area contributed by atoms with Crippen LogP contribution in [-0.2, 0) is 9.53 Å². The Morgan fingerprint density at radius 1 is 1.21 bits per heavy atom. The van der Waals surface area contributed by atoms with Gasteiger partial charge >= 0.3 is 0 Å². The molecule has 0 aliphatic carbocycles. The van der Waals surface area contributed by atoms with E-state index in [0.717, 1.165) is 6.42 Å². The molecule has 0 aliphatic heterocycles. The Morgan fingerprint density at radius 2 is 1.74 bits per heavy atom. The summed E-state index contributed by atoms with van der Waals surface area (Å²) in [5.74, 6) is 0.359. The topological polar surface area (TPSA) is 38.3 Å². The van der Waals surface area contributed by atoms with Crippen molar-refractivity contribution in [3.8, 4) is 0 Å². The summed E-state index contributed by atoms with van der Waals surface area (Å²) < 4.78 is 5.80. The number of hydrogen-bond acceptors (Lipinski definition) is 4. The van der Waals surface area contributed by atoms with Gasteiger partial charge in [-0.15, -0.1) is 12.6 Å². The summed E-state index contributed by atoms with van der Waals surface area (Å²) in [7, 11) is 0. The molecule has 0 spiro atoms. The van der Waals surface area contributed by atoms with E-state index < -0.39 is 4.93 Å². The minimum absolute atomic E-state index is 0.0694. The van der Waals surface area contributed by atoms with Gasteiger partial charge in [0.25, 0.3) is 0 Å². The van der Waals surface area contributed by atoms with E-state index in [2.05, 4.69) is 31.8 Å². The van der Waals surface area contributed by atoms with Crippen LogP contribution in [0.5, 0.6) is 0 Å². The van der Waals surface area contributed by atoms with Crippen molar-refractivity contribution in [2.24, 2.45) is 11.3 Å². The van der Waals surface area contributed by atoms with E-state index >= 15 is 0 Å². The molecule has 0 aromatic carbocycles. The summed E-state index contributed by atoms with van der Waals surface area (Å²) in [5, 5.41) is 3.31. The normalized spacial score (nSPS) is 15.9. The minimum Gasteiger partial charge on any atom is -0.364 e. The Balaban J connectivity index is 4.17. The summed E-state index contributed by atoms with van der Waals surface area (Å²) in [6, 6.07) is 0.411. The van der Waals surface area contributed by atoms with Gasteiger partial charge in [0.15, 0.2) is 0 Å². The number of ketones is 1. The molecule has 0 fully saturated rings. The van der Waals surface area contributed by atoms with Crippen molar-refractivity contribution in [1.82, 2.24) is 5.32 Å². The van der Waals surface area contributed by atoms with Crippen LogP contribution in [0.25, 0.3) is 0 Å². The zero-order valence-electron chi connectivity index (χ0n) is 13.5. The van der Waals surface area contributed by atoms with Crippen LogP contribution in [0.3, 0.4) is 0 Å². The molecular weight excluding hydrogens is 258 g/mol. The summed E-state index contributed by atoms with van der Waals surface area (Å²) >= 11 is 4.51. The maximum absolute atomic E-state index is 12.0. The molecule has 1 atom stereocenters. The van der Waals surface area contributed by atoms with Crippen LogP contribution in [-0.4, -0.2) is 29.9 Å². The van der Waals surface area contributed by atoms with Gasteiger partial charge in [-0.3, -0.25) is 4.79 Å². The molecule has 4 heteroatoms. The number of nitrogens with one attached hydrogen (secondary N) is 1. The lowest BCUT2D eigenvalue weighted by atomic mass is 9.80. The van der Waals surface area contributed by atoms with Crippen molar-refractivity contribution in [2.45, 2.75) is 65.9 Å². The first-order valence-electron chi connectivity index (χ1n) is 7.12. The average Bonchev–Trinajstić information content (AvgIpc) is 2.24. The van der Waals surface area contributed by atoms with Gasteiger partial charge in [0.2, 0.25) is 0 Å². The second-order valence-corrected chi connectivity index (χ2v) is 7.66. The molecule has 0 heterocycles. The highest BCUT2D eigenvalue weighted by Gasteiger charge is 2.30.